The Morgan fingerprint density at radius 3 is 3.11 bits per heavy atom. The fraction of sp³-hybridized carbons (Fsp3) is 0.357. The van der Waals surface area contributed by atoms with E-state index in [9.17, 15) is 4.39 Å². The zero-order valence-corrected chi connectivity index (χ0v) is 10.1. The largest absolute Gasteiger partial charge is 0.316 e. The van der Waals surface area contributed by atoms with E-state index in [4.69, 9.17) is 0 Å². The van der Waals surface area contributed by atoms with Crippen molar-refractivity contribution in [2.45, 2.75) is 12.8 Å². The fourth-order valence-electron chi connectivity index (χ4n) is 2.55. The van der Waals surface area contributed by atoms with Crippen LogP contribution in [0.5, 0.6) is 0 Å². The minimum Gasteiger partial charge on any atom is -0.316 e. The number of hydrogen-bond acceptors (Lipinski definition) is 2. The summed E-state index contributed by atoms with van der Waals surface area (Å²) in [7, 11) is 0. The number of halogens is 1. The maximum atomic E-state index is 13.3. The molecule has 0 saturated carbocycles. The average molecular weight is 245 g/mol. The molecule has 4 heteroatoms. The van der Waals surface area contributed by atoms with E-state index in [2.05, 4.69) is 15.5 Å². The Morgan fingerprint density at radius 2 is 2.33 bits per heavy atom. The van der Waals surface area contributed by atoms with Gasteiger partial charge < -0.3 is 5.32 Å². The standard InChI is InChI=1S/C14H16FN3/c15-12-3-1-2-11(7-12)13-9-17-18-14(13)6-10-4-5-16-8-10/h1-3,7,9-10,16H,4-6,8H2,(H,17,18). The molecule has 0 bridgehead atoms. The van der Waals surface area contributed by atoms with Crippen LogP contribution < -0.4 is 5.32 Å². The third-order valence-corrected chi connectivity index (χ3v) is 3.51. The van der Waals surface area contributed by atoms with Crippen LogP contribution in [0.3, 0.4) is 0 Å². The van der Waals surface area contributed by atoms with E-state index in [-0.39, 0.29) is 5.82 Å². The van der Waals surface area contributed by atoms with Crippen molar-refractivity contribution in [1.82, 2.24) is 15.5 Å². The van der Waals surface area contributed by atoms with Crippen molar-refractivity contribution in [2.24, 2.45) is 5.92 Å². The van der Waals surface area contributed by atoms with Gasteiger partial charge in [0.05, 0.1) is 6.20 Å². The van der Waals surface area contributed by atoms with Crippen LogP contribution in [0.1, 0.15) is 12.1 Å². The molecule has 1 saturated heterocycles. The van der Waals surface area contributed by atoms with E-state index in [0.29, 0.717) is 5.92 Å². The van der Waals surface area contributed by atoms with Gasteiger partial charge >= 0.3 is 0 Å². The Morgan fingerprint density at radius 1 is 1.39 bits per heavy atom. The summed E-state index contributed by atoms with van der Waals surface area (Å²) in [6, 6.07) is 6.67. The first-order valence-electron chi connectivity index (χ1n) is 6.32. The molecule has 1 aliphatic rings. The minimum atomic E-state index is -0.206. The maximum Gasteiger partial charge on any atom is 0.123 e. The summed E-state index contributed by atoms with van der Waals surface area (Å²) in [4.78, 5) is 0. The molecule has 0 amide bonds. The molecule has 2 heterocycles. The number of benzene rings is 1. The lowest BCUT2D eigenvalue weighted by atomic mass is 9.97. The topological polar surface area (TPSA) is 40.7 Å². The Bertz CT molecular complexity index is 529. The molecule has 1 unspecified atom stereocenters. The number of rotatable bonds is 3. The first-order chi connectivity index (χ1) is 8.83. The van der Waals surface area contributed by atoms with Crippen molar-refractivity contribution >= 4 is 0 Å². The van der Waals surface area contributed by atoms with Crippen molar-refractivity contribution in [3.05, 3.63) is 42.0 Å². The molecule has 0 aliphatic carbocycles. The Kier molecular flexibility index (Phi) is 3.11. The number of nitrogens with one attached hydrogen (secondary N) is 2. The van der Waals surface area contributed by atoms with Gasteiger partial charge in [-0.2, -0.15) is 5.10 Å². The molecule has 3 nitrogen and oxygen atoms in total. The Hall–Kier alpha value is -1.68. The van der Waals surface area contributed by atoms with E-state index in [0.717, 1.165) is 36.3 Å². The lowest BCUT2D eigenvalue weighted by molar-refractivity contribution is 0.571. The molecule has 1 fully saturated rings. The van der Waals surface area contributed by atoms with Crippen molar-refractivity contribution in [2.75, 3.05) is 13.1 Å². The summed E-state index contributed by atoms with van der Waals surface area (Å²) in [6.07, 6.45) is 3.95. The van der Waals surface area contributed by atoms with Crippen LogP contribution in [0.4, 0.5) is 4.39 Å². The van der Waals surface area contributed by atoms with Gasteiger partial charge in [-0.25, -0.2) is 4.39 Å². The molecule has 18 heavy (non-hydrogen) atoms. The van der Waals surface area contributed by atoms with Crippen molar-refractivity contribution in [3.8, 4) is 11.1 Å². The number of nitrogens with zero attached hydrogens (tertiary/aromatic N) is 1. The highest BCUT2D eigenvalue weighted by atomic mass is 19.1. The van der Waals surface area contributed by atoms with Gasteiger partial charge in [0.2, 0.25) is 0 Å². The van der Waals surface area contributed by atoms with E-state index < -0.39 is 0 Å². The SMILES string of the molecule is Fc1cccc(-c2cn[nH]c2CC2CCNC2)c1. The molecule has 0 spiro atoms. The summed E-state index contributed by atoms with van der Waals surface area (Å²) in [5.74, 6) is 0.444. The number of aromatic nitrogens is 2. The van der Waals surface area contributed by atoms with Crippen LogP contribution >= 0.6 is 0 Å². The predicted molar refractivity (Wildman–Crippen MR) is 68.7 cm³/mol. The monoisotopic (exact) mass is 245 g/mol. The summed E-state index contributed by atoms with van der Waals surface area (Å²) >= 11 is 0. The van der Waals surface area contributed by atoms with Crippen molar-refractivity contribution in [1.29, 1.82) is 0 Å². The van der Waals surface area contributed by atoms with Gasteiger partial charge in [-0.05, 0) is 49.5 Å². The van der Waals surface area contributed by atoms with E-state index >= 15 is 0 Å². The third kappa shape index (κ3) is 2.29. The number of hydrogen-bond donors (Lipinski definition) is 2. The molecule has 2 N–H and O–H groups in total. The first-order valence-corrected chi connectivity index (χ1v) is 6.32. The van der Waals surface area contributed by atoms with Gasteiger partial charge in [-0.1, -0.05) is 12.1 Å². The van der Waals surface area contributed by atoms with Gasteiger partial charge in [0, 0.05) is 11.3 Å². The second-order valence-corrected chi connectivity index (χ2v) is 4.84. The van der Waals surface area contributed by atoms with E-state index in [1.807, 2.05) is 6.07 Å². The molecule has 1 aliphatic heterocycles. The second kappa shape index (κ2) is 4.90. The minimum absolute atomic E-state index is 0.206. The number of aromatic amines is 1. The average Bonchev–Trinajstić information content (AvgIpc) is 3.01. The zero-order valence-electron chi connectivity index (χ0n) is 10.1. The van der Waals surface area contributed by atoms with Crippen LogP contribution in [-0.2, 0) is 6.42 Å². The van der Waals surface area contributed by atoms with Gasteiger partial charge in [-0.3, -0.25) is 5.10 Å². The molecule has 3 rings (SSSR count). The van der Waals surface area contributed by atoms with Crippen LogP contribution in [0.25, 0.3) is 11.1 Å². The van der Waals surface area contributed by atoms with E-state index in [1.165, 1.54) is 12.5 Å². The summed E-state index contributed by atoms with van der Waals surface area (Å²) in [5, 5.41) is 10.5. The van der Waals surface area contributed by atoms with Gasteiger partial charge in [0.1, 0.15) is 5.82 Å². The van der Waals surface area contributed by atoms with Gasteiger partial charge in [0.15, 0.2) is 0 Å². The summed E-state index contributed by atoms with van der Waals surface area (Å²) < 4.78 is 13.3. The molecule has 0 radical (unpaired) electrons. The third-order valence-electron chi connectivity index (χ3n) is 3.51. The highest BCUT2D eigenvalue weighted by Gasteiger charge is 2.18. The van der Waals surface area contributed by atoms with Crippen molar-refractivity contribution in [3.63, 3.8) is 0 Å². The molecule has 94 valence electrons. The quantitative estimate of drug-likeness (QED) is 0.871. The molecule has 1 aromatic heterocycles. The first kappa shape index (κ1) is 11.4. The lowest BCUT2D eigenvalue weighted by Gasteiger charge is -2.08. The van der Waals surface area contributed by atoms with Crippen LogP contribution in [-0.4, -0.2) is 23.3 Å². The zero-order chi connectivity index (χ0) is 12.4. The van der Waals surface area contributed by atoms with Crippen LogP contribution in [0, 0.1) is 11.7 Å². The normalized spacial score (nSPS) is 19.3. The maximum absolute atomic E-state index is 13.3. The highest BCUT2D eigenvalue weighted by molar-refractivity contribution is 5.65. The predicted octanol–water partition coefficient (Wildman–Crippen LogP) is 2.37. The Balaban J connectivity index is 1.86. The molecule has 1 aromatic carbocycles. The molecular formula is C14H16FN3. The number of H-pyrrole nitrogens is 1. The lowest BCUT2D eigenvalue weighted by Crippen LogP contribution is -2.11. The second-order valence-electron chi connectivity index (χ2n) is 4.84. The molecule has 1 atom stereocenters. The fourth-order valence-corrected chi connectivity index (χ4v) is 2.55. The summed E-state index contributed by atoms with van der Waals surface area (Å²) in [6.45, 7) is 2.15. The van der Waals surface area contributed by atoms with Crippen LogP contribution in [0.2, 0.25) is 0 Å². The highest BCUT2D eigenvalue weighted by Crippen LogP contribution is 2.25. The molecular weight excluding hydrogens is 229 g/mol. The molecule has 2 aromatic rings. The smallest absolute Gasteiger partial charge is 0.123 e. The van der Waals surface area contributed by atoms with E-state index in [1.54, 1.807) is 18.3 Å². The Labute approximate surface area is 105 Å². The van der Waals surface area contributed by atoms with Gasteiger partial charge in [-0.15, -0.1) is 0 Å². The van der Waals surface area contributed by atoms with Crippen molar-refractivity contribution < 1.29 is 4.39 Å². The van der Waals surface area contributed by atoms with Crippen LogP contribution in [0.15, 0.2) is 30.5 Å². The summed E-state index contributed by atoms with van der Waals surface area (Å²) in [5.41, 5.74) is 3.01. The van der Waals surface area contributed by atoms with Gasteiger partial charge in [0.25, 0.3) is 0 Å².